The number of nitrogens with one attached hydrogen (secondary N) is 1. The minimum absolute atomic E-state index is 0.139. The average Bonchev–Trinajstić information content (AvgIpc) is 2.74. The molecular formula is C23H23IN2O3S. The third-order valence-electron chi connectivity index (χ3n) is 4.59. The van der Waals surface area contributed by atoms with E-state index in [1.165, 1.54) is 12.1 Å². The molecule has 3 aromatic rings. The molecule has 7 heteroatoms. The lowest BCUT2D eigenvalue weighted by Gasteiger charge is -2.24. The highest BCUT2D eigenvalue weighted by Gasteiger charge is 2.27. The van der Waals surface area contributed by atoms with Gasteiger partial charge in [-0.05, 0) is 82.6 Å². The highest BCUT2D eigenvalue weighted by molar-refractivity contribution is 14.1. The Morgan fingerprint density at radius 2 is 1.53 bits per heavy atom. The molecule has 0 saturated heterocycles. The predicted molar refractivity (Wildman–Crippen MR) is 129 cm³/mol. The molecule has 0 aliphatic rings. The number of amides is 1. The molecule has 0 unspecified atom stereocenters. The second-order valence-electron chi connectivity index (χ2n) is 7.13. The molecule has 0 spiro atoms. The molecule has 0 aromatic heterocycles. The summed E-state index contributed by atoms with van der Waals surface area (Å²) in [6.07, 6.45) is 0. The van der Waals surface area contributed by atoms with Crippen LogP contribution in [0, 0.1) is 3.57 Å². The fourth-order valence-electron chi connectivity index (χ4n) is 2.92. The van der Waals surface area contributed by atoms with Crippen LogP contribution in [0.3, 0.4) is 0 Å². The third-order valence-corrected chi connectivity index (χ3v) is 7.10. The number of carbonyl (C=O) groups is 1. The zero-order valence-corrected chi connectivity index (χ0v) is 19.7. The van der Waals surface area contributed by atoms with Crippen molar-refractivity contribution in [3.63, 3.8) is 0 Å². The molecule has 0 atom stereocenters. The Labute approximate surface area is 191 Å². The summed E-state index contributed by atoms with van der Waals surface area (Å²) in [5, 5.41) is 2.77. The van der Waals surface area contributed by atoms with E-state index in [0.717, 1.165) is 13.4 Å². The van der Waals surface area contributed by atoms with Gasteiger partial charge in [-0.25, -0.2) is 8.42 Å². The van der Waals surface area contributed by atoms with Crippen LogP contribution in [0.1, 0.15) is 25.3 Å². The minimum atomic E-state index is -3.91. The van der Waals surface area contributed by atoms with E-state index in [1.807, 2.05) is 24.3 Å². The number of rotatable bonds is 7. The maximum Gasteiger partial charge on any atom is 0.264 e. The highest BCUT2D eigenvalue weighted by atomic mass is 127. The first-order chi connectivity index (χ1) is 14.3. The molecular weight excluding hydrogens is 511 g/mol. The van der Waals surface area contributed by atoms with Crippen LogP contribution in [0.4, 0.5) is 11.4 Å². The Balaban J connectivity index is 1.92. The lowest BCUT2D eigenvalue weighted by atomic mass is 10.0. The van der Waals surface area contributed by atoms with Crippen molar-refractivity contribution in [3.8, 4) is 0 Å². The van der Waals surface area contributed by atoms with Gasteiger partial charge in [0.25, 0.3) is 10.0 Å². The Morgan fingerprint density at radius 1 is 0.933 bits per heavy atom. The maximum atomic E-state index is 13.3. The van der Waals surface area contributed by atoms with Gasteiger partial charge in [0.05, 0.1) is 10.6 Å². The van der Waals surface area contributed by atoms with Crippen molar-refractivity contribution in [1.82, 2.24) is 0 Å². The quantitative estimate of drug-likeness (QED) is 0.422. The zero-order valence-electron chi connectivity index (χ0n) is 16.7. The van der Waals surface area contributed by atoms with E-state index in [2.05, 4.69) is 41.8 Å². The minimum Gasteiger partial charge on any atom is -0.325 e. The van der Waals surface area contributed by atoms with Crippen LogP contribution < -0.4 is 9.62 Å². The summed E-state index contributed by atoms with van der Waals surface area (Å²) in [6, 6.07) is 22.7. The molecule has 156 valence electrons. The Morgan fingerprint density at radius 3 is 2.10 bits per heavy atom. The Hall–Kier alpha value is -2.39. The van der Waals surface area contributed by atoms with Crippen molar-refractivity contribution in [1.29, 1.82) is 0 Å². The average molecular weight is 534 g/mol. The van der Waals surface area contributed by atoms with E-state index in [-0.39, 0.29) is 11.4 Å². The third kappa shape index (κ3) is 5.40. The highest BCUT2D eigenvalue weighted by Crippen LogP contribution is 2.26. The molecule has 3 aromatic carbocycles. The van der Waals surface area contributed by atoms with Crippen molar-refractivity contribution in [3.05, 3.63) is 88.0 Å². The summed E-state index contributed by atoms with van der Waals surface area (Å²) in [6.45, 7) is 3.81. The van der Waals surface area contributed by atoms with E-state index >= 15 is 0 Å². The molecule has 30 heavy (non-hydrogen) atoms. The number of hydrogen-bond donors (Lipinski definition) is 1. The number of carbonyl (C=O) groups excluding carboxylic acids is 1. The van der Waals surface area contributed by atoms with E-state index in [4.69, 9.17) is 0 Å². The largest absolute Gasteiger partial charge is 0.325 e. The number of halogens is 1. The summed E-state index contributed by atoms with van der Waals surface area (Å²) >= 11 is 2.18. The van der Waals surface area contributed by atoms with Crippen LogP contribution in [-0.4, -0.2) is 20.9 Å². The van der Waals surface area contributed by atoms with Crippen molar-refractivity contribution in [2.75, 3.05) is 16.2 Å². The molecule has 3 rings (SSSR count). The molecule has 0 aliphatic heterocycles. The summed E-state index contributed by atoms with van der Waals surface area (Å²) in [5.41, 5.74) is 2.16. The van der Waals surface area contributed by atoms with Crippen LogP contribution >= 0.6 is 22.6 Å². The van der Waals surface area contributed by atoms with Gasteiger partial charge in [-0.3, -0.25) is 9.10 Å². The Kier molecular flexibility index (Phi) is 7.14. The molecule has 5 nitrogen and oxygen atoms in total. The molecule has 0 aliphatic carbocycles. The van der Waals surface area contributed by atoms with Gasteiger partial charge < -0.3 is 5.32 Å². The number of sulfonamides is 1. The van der Waals surface area contributed by atoms with Crippen LogP contribution in [0.25, 0.3) is 0 Å². The summed E-state index contributed by atoms with van der Waals surface area (Å²) in [7, 11) is -3.91. The number of nitrogens with zero attached hydrogens (tertiary/aromatic N) is 1. The van der Waals surface area contributed by atoms with Gasteiger partial charge in [0.15, 0.2) is 0 Å². The van der Waals surface area contributed by atoms with Gasteiger partial charge >= 0.3 is 0 Å². The van der Waals surface area contributed by atoms with E-state index in [9.17, 15) is 13.2 Å². The standard InChI is InChI=1S/C23H23IN2O3S/c1-17(2)18-8-14-21(15-9-18)26(30(28,29)22-6-4-3-5-7-22)16-23(27)25-20-12-10-19(24)11-13-20/h3-15,17H,16H2,1-2H3,(H,25,27). The molecule has 0 radical (unpaired) electrons. The van der Waals surface area contributed by atoms with Crippen LogP contribution in [0.15, 0.2) is 83.8 Å². The van der Waals surface area contributed by atoms with Crippen molar-refractivity contribution in [2.24, 2.45) is 0 Å². The SMILES string of the molecule is CC(C)c1ccc(N(CC(=O)Nc2ccc(I)cc2)S(=O)(=O)c2ccccc2)cc1. The van der Waals surface area contributed by atoms with Crippen LogP contribution in [0.5, 0.6) is 0 Å². The second kappa shape index (κ2) is 9.61. The summed E-state index contributed by atoms with van der Waals surface area (Å²) < 4.78 is 28.9. The summed E-state index contributed by atoms with van der Waals surface area (Å²) in [4.78, 5) is 12.9. The predicted octanol–water partition coefficient (Wildman–Crippen LogP) is 5.25. The molecule has 0 bridgehead atoms. The lowest BCUT2D eigenvalue weighted by Crippen LogP contribution is -2.38. The summed E-state index contributed by atoms with van der Waals surface area (Å²) in [5.74, 6) is -0.0916. The van der Waals surface area contributed by atoms with E-state index < -0.39 is 15.9 Å². The van der Waals surface area contributed by atoms with Gasteiger partial charge in [0, 0.05) is 9.26 Å². The smallest absolute Gasteiger partial charge is 0.264 e. The first-order valence-corrected chi connectivity index (χ1v) is 12.0. The van der Waals surface area contributed by atoms with Crippen molar-refractivity contribution in [2.45, 2.75) is 24.7 Å². The fourth-order valence-corrected chi connectivity index (χ4v) is 4.73. The topological polar surface area (TPSA) is 66.5 Å². The molecule has 0 saturated carbocycles. The van der Waals surface area contributed by atoms with Gasteiger partial charge in [0.2, 0.25) is 5.91 Å². The van der Waals surface area contributed by atoms with Crippen LogP contribution in [-0.2, 0) is 14.8 Å². The molecule has 1 N–H and O–H groups in total. The number of benzene rings is 3. The van der Waals surface area contributed by atoms with Gasteiger partial charge in [-0.1, -0.05) is 44.2 Å². The maximum absolute atomic E-state index is 13.3. The van der Waals surface area contributed by atoms with Gasteiger partial charge in [-0.2, -0.15) is 0 Å². The van der Waals surface area contributed by atoms with Crippen molar-refractivity contribution < 1.29 is 13.2 Å². The van der Waals surface area contributed by atoms with Gasteiger partial charge in [-0.15, -0.1) is 0 Å². The first-order valence-electron chi connectivity index (χ1n) is 9.50. The molecule has 1 amide bonds. The Bertz CT molecular complexity index is 1100. The van der Waals surface area contributed by atoms with E-state index in [1.54, 1.807) is 42.5 Å². The molecule has 0 fully saturated rings. The second-order valence-corrected chi connectivity index (χ2v) is 10.2. The normalized spacial score (nSPS) is 11.3. The number of anilines is 2. The fraction of sp³-hybridized carbons (Fsp3) is 0.174. The zero-order chi connectivity index (χ0) is 21.7. The van der Waals surface area contributed by atoms with Crippen molar-refractivity contribution >= 4 is 49.9 Å². The monoisotopic (exact) mass is 534 g/mol. The van der Waals surface area contributed by atoms with E-state index in [0.29, 0.717) is 17.3 Å². The van der Waals surface area contributed by atoms with Gasteiger partial charge in [0.1, 0.15) is 6.54 Å². The first kappa shape index (κ1) is 22.3. The van der Waals surface area contributed by atoms with Crippen LogP contribution in [0.2, 0.25) is 0 Å². The lowest BCUT2D eigenvalue weighted by molar-refractivity contribution is -0.114. The number of hydrogen-bond acceptors (Lipinski definition) is 3. The molecule has 0 heterocycles.